The molecule has 1 heterocycles. The quantitative estimate of drug-likeness (QED) is 0.874. The van der Waals surface area contributed by atoms with Gasteiger partial charge in [0.1, 0.15) is 5.75 Å². The minimum Gasteiger partial charge on any atom is -0.481 e. The van der Waals surface area contributed by atoms with E-state index in [1.54, 1.807) is 36.1 Å². The predicted molar refractivity (Wildman–Crippen MR) is 88.4 cm³/mol. The van der Waals surface area contributed by atoms with Crippen LogP contribution in [0, 0.1) is 11.3 Å². The van der Waals surface area contributed by atoms with Crippen LogP contribution in [0.1, 0.15) is 24.5 Å². The summed E-state index contributed by atoms with van der Waals surface area (Å²) in [5.41, 5.74) is 2.70. The van der Waals surface area contributed by atoms with Crippen LogP contribution >= 0.6 is 0 Å². The van der Waals surface area contributed by atoms with Crippen molar-refractivity contribution in [3.8, 4) is 11.8 Å². The number of aryl methyl sites for hydroxylation is 1. The van der Waals surface area contributed by atoms with Crippen molar-refractivity contribution in [3.63, 3.8) is 0 Å². The second kappa shape index (κ2) is 6.53. The zero-order valence-electron chi connectivity index (χ0n) is 13.0. The maximum absolute atomic E-state index is 12.8. The van der Waals surface area contributed by atoms with Gasteiger partial charge in [-0.15, -0.1) is 0 Å². The molecule has 3 rings (SSSR count). The molecule has 1 unspecified atom stereocenters. The molecule has 23 heavy (non-hydrogen) atoms. The van der Waals surface area contributed by atoms with Crippen LogP contribution < -0.4 is 9.64 Å². The number of amides is 1. The number of nitrogens with zero attached hydrogens (tertiary/aromatic N) is 2. The minimum absolute atomic E-state index is 0.0560. The molecule has 2 aromatic carbocycles. The van der Waals surface area contributed by atoms with E-state index >= 15 is 0 Å². The van der Waals surface area contributed by atoms with Gasteiger partial charge in [0.2, 0.25) is 0 Å². The average Bonchev–Trinajstić information content (AvgIpc) is 2.60. The highest BCUT2D eigenvalue weighted by Crippen LogP contribution is 2.27. The van der Waals surface area contributed by atoms with E-state index in [1.807, 2.05) is 18.2 Å². The Kier molecular flexibility index (Phi) is 4.29. The van der Waals surface area contributed by atoms with E-state index in [4.69, 9.17) is 10.00 Å². The highest BCUT2D eigenvalue weighted by Gasteiger charge is 2.27. The zero-order chi connectivity index (χ0) is 16.2. The lowest BCUT2D eigenvalue weighted by atomic mass is 10.0. The van der Waals surface area contributed by atoms with Gasteiger partial charge in [0.15, 0.2) is 6.10 Å². The Hall–Kier alpha value is -2.80. The monoisotopic (exact) mass is 306 g/mol. The molecule has 0 aliphatic carbocycles. The van der Waals surface area contributed by atoms with Gasteiger partial charge >= 0.3 is 0 Å². The molecule has 4 heteroatoms. The molecule has 1 amide bonds. The van der Waals surface area contributed by atoms with Crippen LogP contribution in [-0.4, -0.2) is 18.6 Å². The molecule has 2 aromatic rings. The fourth-order valence-corrected chi connectivity index (χ4v) is 2.88. The van der Waals surface area contributed by atoms with Crippen molar-refractivity contribution in [3.05, 3.63) is 59.7 Å². The highest BCUT2D eigenvalue weighted by molar-refractivity contribution is 5.97. The first-order valence-electron chi connectivity index (χ1n) is 7.75. The summed E-state index contributed by atoms with van der Waals surface area (Å²) in [6, 6.07) is 16.9. The van der Waals surface area contributed by atoms with E-state index in [1.165, 1.54) is 5.56 Å². The largest absolute Gasteiger partial charge is 0.481 e. The van der Waals surface area contributed by atoms with Crippen molar-refractivity contribution in [2.75, 3.05) is 11.4 Å². The minimum atomic E-state index is -0.602. The summed E-state index contributed by atoms with van der Waals surface area (Å²) in [6.45, 7) is 2.46. The lowest BCUT2D eigenvalue weighted by molar-refractivity contribution is -0.124. The maximum atomic E-state index is 12.8. The summed E-state index contributed by atoms with van der Waals surface area (Å²) >= 11 is 0. The molecule has 1 aliphatic rings. The van der Waals surface area contributed by atoms with Crippen molar-refractivity contribution in [1.82, 2.24) is 0 Å². The summed E-state index contributed by atoms with van der Waals surface area (Å²) in [6.07, 6.45) is 1.36. The lowest BCUT2D eigenvalue weighted by Gasteiger charge is -2.31. The number of fused-ring (bicyclic) bond motifs is 1. The van der Waals surface area contributed by atoms with Crippen LogP contribution in [0.4, 0.5) is 5.69 Å². The van der Waals surface area contributed by atoms with Gasteiger partial charge in [-0.3, -0.25) is 4.79 Å². The fourth-order valence-electron chi connectivity index (χ4n) is 2.88. The van der Waals surface area contributed by atoms with Gasteiger partial charge in [-0.1, -0.05) is 24.3 Å². The molecule has 0 spiro atoms. The number of nitriles is 1. The standard InChI is InChI=1S/C19H18N2O2/c1-14(23-17-9-4-6-15(12-17)13-20)19(22)21-11-5-8-16-7-2-3-10-18(16)21/h2-4,6-7,9-10,12,14H,5,8,11H2,1H3. The molecular weight excluding hydrogens is 288 g/mol. The first-order chi connectivity index (χ1) is 11.2. The molecular formula is C19H18N2O2. The van der Waals surface area contributed by atoms with Crippen LogP contribution in [0.3, 0.4) is 0 Å². The SMILES string of the molecule is CC(Oc1cccc(C#N)c1)C(=O)N1CCCc2ccccc21. The molecule has 0 aromatic heterocycles. The number of rotatable bonds is 3. The number of ether oxygens (including phenoxy) is 1. The summed E-state index contributed by atoms with van der Waals surface area (Å²) in [4.78, 5) is 14.6. The Morgan fingerprint density at radius 3 is 2.91 bits per heavy atom. The van der Waals surface area contributed by atoms with Gasteiger partial charge in [0, 0.05) is 12.2 Å². The third-order valence-corrected chi connectivity index (χ3v) is 4.00. The molecule has 1 atom stereocenters. The molecule has 0 bridgehead atoms. The molecule has 116 valence electrons. The van der Waals surface area contributed by atoms with Crippen LogP contribution in [-0.2, 0) is 11.2 Å². The Balaban J connectivity index is 1.77. The van der Waals surface area contributed by atoms with Gasteiger partial charge in [-0.2, -0.15) is 5.26 Å². The van der Waals surface area contributed by atoms with E-state index in [0.29, 0.717) is 17.9 Å². The van der Waals surface area contributed by atoms with E-state index in [0.717, 1.165) is 18.5 Å². The Morgan fingerprint density at radius 1 is 1.26 bits per heavy atom. The number of para-hydroxylation sites is 1. The second-order valence-electron chi connectivity index (χ2n) is 5.62. The average molecular weight is 306 g/mol. The molecule has 0 saturated heterocycles. The smallest absolute Gasteiger partial charge is 0.267 e. The number of hydrogen-bond donors (Lipinski definition) is 0. The maximum Gasteiger partial charge on any atom is 0.267 e. The van der Waals surface area contributed by atoms with Crippen LogP contribution in [0.25, 0.3) is 0 Å². The van der Waals surface area contributed by atoms with Gasteiger partial charge in [0.25, 0.3) is 5.91 Å². The molecule has 0 N–H and O–H groups in total. The molecule has 4 nitrogen and oxygen atoms in total. The van der Waals surface area contributed by atoms with Crippen LogP contribution in [0.5, 0.6) is 5.75 Å². The van der Waals surface area contributed by atoms with Gasteiger partial charge in [-0.05, 0) is 49.6 Å². The van der Waals surface area contributed by atoms with Crippen molar-refractivity contribution in [2.24, 2.45) is 0 Å². The van der Waals surface area contributed by atoms with Crippen molar-refractivity contribution in [1.29, 1.82) is 5.26 Å². The Morgan fingerprint density at radius 2 is 2.09 bits per heavy atom. The summed E-state index contributed by atoms with van der Waals surface area (Å²) < 4.78 is 5.74. The number of hydrogen-bond acceptors (Lipinski definition) is 3. The van der Waals surface area contributed by atoms with Crippen LogP contribution in [0.2, 0.25) is 0 Å². The predicted octanol–water partition coefficient (Wildman–Crippen LogP) is 3.30. The zero-order valence-corrected chi connectivity index (χ0v) is 13.0. The van der Waals surface area contributed by atoms with Crippen molar-refractivity contribution >= 4 is 11.6 Å². The van der Waals surface area contributed by atoms with Gasteiger partial charge in [0.05, 0.1) is 11.6 Å². The second-order valence-corrected chi connectivity index (χ2v) is 5.62. The fraction of sp³-hybridized carbons (Fsp3) is 0.263. The molecule has 0 radical (unpaired) electrons. The van der Waals surface area contributed by atoms with Crippen molar-refractivity contribution in [2.45, 2.75) is 25.9 Å². The number of anilines is 1. The van der Waals surface area contributed by atoms with E-state index in [-0.39, 0.29) is 5.91 Å². The van der Waals surface area contributed by atoms with Crippen molar-refractivity contribution < 1.29 is 9.53 Å². The van der Waals surface area contributed by atoms with E-state index in [2.05, 4.69) is 12.1 Å². The Labute approximate surface area is 135 Å². The number of carbonyl (C=O) groups is 1. The van der Waals surface area contributed by atoms with Gasteiger partial charge < -0.3 is 9.64 Å². The summed E-state index contributed by atoms with van der Waals surface area (Å²) in [5, 5.41) is 8.94. The number of carbonyl (C=O) groups excluding carboxylic acids is 1. The topological polar surface area (TPSA) is 53.3 Å². The molecule has 0 saturated carbocycles. The molecule has 0 fully saturated rings. The third kappa shape index (κ3) is 3.19. The highest BCUT2D eigenvalue weighted by atomic mass is 16.5. The Bertz CT molecular complexity index is 764. The number of benzene rings is 2. The van der Waals surface area contributed by atoms with Crippen LogP contribution in [0.15, 0.2) is 48.5 Å². The van der Waals surface area contributed by atoms with Gasteiger partial charge in [-0.25, -0.2) is 0 Å². The first kappa shape index (κ1) is 15.1. The van der Waals surface area contributed by atoms with E-state index in [9.17, 15) is 4.79 Å². The third-order valence-electron chi connectivity index (χ3n) is 4.00. The lowest BCUT2D eigenvalue weighted by Crippen LogP contribution is -2.43. The molecule has 1 aliphatic heterocycles. The van der Waals surface area contributed by atoms with E-state index < -0.39 is 6.10 Å². The summed E-state index contributed by atoms with van der Waals surface area (Å²) in [5.74, 6) is 0.481. The first-order valence-corrected chi connectivity index (χ1v) is 7.75. The normalized spacial score (nSPS) is 14.5. The summed E-state index contributed by atoms with van der Waals surface area (Å²) in [7, 11) is 0.